The number of rotatable bonds is 5. The van der Waals surface area contributed by atoms with Crippen LogP contribution in [0.15, 0.2) is 12.2 Å². The molecule has 0 aliphatic heterocycles. The van der Waals surface area contributed by atoms with Crippen molar-refractivity contribution in [1.29, 1.82) is 0 Å². The van der Waals surface area contributed by atoms with Crippen LogP contribution in [0.2, 0.25) is 0 Å². The van der Waals surface area contributed by atoms with Crippen LogP contribution in [-0.2, 0) is 6.54 Å². The van der Waals surface area contributed by atoms with Crippen LogP contribution in [0.25, 0.3) is 0 Å². The molecule has 1 heterocycles. The average molecular weight is 219 g/mol. The summed E-state index contributed by atoms with van der Waals surface area (Å²) >= 11 is 0. The van der Waals surface area contributed by atoms with Crippen molar-refractivity contribution in [3.63, 3.8) is 0 Å². The van der Waals surface area contributed by atoms with Crippen LogP contribution in [-0.4, -0.2) is 22.4 Å². The fourth-order valence-electron chi connectivity index (χ4n) is 1.78. The zero-order chi connectivity index (χ0) is 11.7. The zero-order valence-electron chi connectivity index (χ0n) is 10.5. The molecule has 3 heteroatoms. The van der Waals surface area contributed by atoms with Gasteiger partial charge in [-0.3, -0.25) is 4.68 Å². The van der Waals surface area contributed by atoms with Crippen LogP contribution in [0, 0.1) is 20.8 Å². The predicted octanol–water partition coefficient (Wildman–Crippen LogP) is 2.12. The monoisotopic (exact) mass is 219 g/mol. The Morgan fingerprint density at radius 1 is 1.44 bits per heavy atom. The molecule has 0 unspecified atom stereocenters. The van der Waals surface area contributed by atoms with Crippen LogP contribution in [0.4, 0.5) is 0 Å². The molecule has 2 rings (SSSR count). The minimum Gasteiger partial charge on any atom is -0.310 e. The second kappa shape index (κ2) is 4.42. The molecule has 0 atom stereocenters. The van der Waals surface area contributed by atoms with E-state index in [0.717, 1.165) is 24.8 Å². The van der Waals surface area contributed by atoms with E-state index in [1.165, 1.54) is 29.7 Å². The van der Waals surface area contributed by atoms with Gasteiger partial charge in [0.25, 0.3) is 0 Å². The molecule has 16 heavy (non-hydrogen) atoms. The van der Waals surface area contributed by atoms with Crippen LogP contribution < -0.4 is 5.32 Å². The fraction of sp³-hybridized carbons (Fsp3) is 0.615. The standard InChI is InChI=1S/C13H21N3/c1-9(7-14-13-5-6-13)8-16-12(4)10(2)11(3)15-16/h13-14H,1,5-8H2,2-4H3. The van der Waals surface area contributed by atoms with E-state index in [1.54, 1.807) is 0 Å². The highest BCUT2D eigenvalue weighted by atomic mass is 15.3. The third-order valence-corrected chi connectivity index (χ3v) is 3.33. The molecule has 1 aromatic heterocycles. The Balaban J connectivity index is 1.91. The van der Waals surface area contributed by atoms with E-state index in [1.807, 2.05) is 0 Å². The molecule has 0 bridgehead atoms. The Hall–Kier alpha value is -1.09. The van der Waals surface area contributed by atoms with Crippen LogP contribution >= 0.6 is 0 Å². The van der Waals surface area contributed by atoms with Crippen LogP contribution in [0.3, 0.4) is 0 Å². The van der Waals surface area contributed by atoms with Gasteiger partial charge in [0.05, 0.1) is 12.2 Å². The van der Waals surface area contributed by atoms with Gasteiger partial charge in [-0.1, -0.05) is 6.58 Å². The highest BCUT2D eigenvalue weighted by Gasteiger charge is 2.20. The van der Waals surface area contributed by atoms with Gasteiger partial charge in [-0.05, 0) is 44.7 Å². The van der Waals surface area contributed by atoms with E-state index < -0.39 is 0 Å². The first-order valence-corrected chi connectivity index (χ1v) is 5.98. The van der Waals surface area contributed by atoms with Gasteiger partial charge < -0.3 is 5.32 Å². The summed E-state index contributed by atoms with van der Waals surface area (Å²) in [5, 5.41) is 8.00. The van der Waals surface area contributed by atoms with Crippen molar-refractivity contribution in [1.82, 2.24) is 15.1 Å². The van der Waals surface area contributed by atoms with Gasteiger partial charge in [0.1, 0.15) is 0 Å². The lowest BCUT2D eigenvalue weighted by molar-refractivity contribution is 0.618. The maximum atomic E-state index is 4.52. The molecule has 1 aliphatic carbocycles. The lowest BCUT2D eigenvalue weighted by Crippen LogP contribution is -2.21. The first kappa shape index (κ1) is 11.4. The van der Waals surface area contributed by atoms with Crippen molar-refractivity contribution in [2.45, 2.75) is 46.2 Å². The minimum absolute atomic E-state index is 0.749. The number of hydrogen-bond donors (Lipinski definition) is 1. The zero-order valence-corrected chi connectivity index (χ0v) is 10.5. The number of nitrogens with one attached hydrogen (secondary N) is 1. The van der Waals surface area contributed by atoms with E-state index in [9.17, 15) is 0 Å². The highest BCUT2D eigenvalue weighted by Crippen LogP contribution is 2.19. The van der Waals surface area contributed by atoms with Gasteiger partial charge in [-0.2, -0.15) is 5.10 Å². The Bertz CT molecular complexity index is 400. The Kier molecular flexibility index (Phi) is 3.15. The van der Waals surface area contributed by atoms with E-state index in [-0.39, 0.29) is 0 Å². The van der Waals surface area contributed by atoms with Crippen molar-refractivity contribution in [3.05, 3.63) is 29.1 Å². The molecule has 1 aromatic rings. The number of aryl methyl sites for hydroxylation is 1. The maximum absolute atomic E-state index is 4.52. The molecule has 0 amide bonds. The van der Waals surface area contributed by atoms with Crippen molar-refractivity contribution in [2.24, 2.45) is 0 Å². The normalized spacial score (nSPS) is 15.4. The highest BCUT2D eigenvalue weighted by molar-refractivity contribution is 5.22. The largest absolute Gasteiger partial charge is 0.310 e. The number of hydrogen-bond acceptors (Lipinski definition) is 2. The summed E-state index contributed by atoms with van der Waals surface area (Å²) in [6.45, 7) is 12.2. The summed E-state index contributed by atoms with van der Waals surface area (Å²) in [5.41, 5.74) is 4.88. The molecule has 0 saturated heterocycles. The smallest absolute Gasteiger partial charge is 0.0632 e. The molecule has 1 fully saturated rings. The fourth-order valence-corrected chi connectivity index (χ4v) is 1.78. The second-order valence-corrected chi connectivity index (χ2v) is 4.86. The van der Waals surface area contributed by atoms with Gasteiger partial charge >= 0.3 is 0 Å². The molecule has 3 nitrogen and oxygen atoms in total. The first-order valence-electron chi connectivity index (χ1n) is 5.98. The van der Waals surface area contributed by atoms with Crippen molar-refractivity contribution < 1.29 is 0 Å². The average Bonchev–Trinajstić information content (AvgIpc) is 3.03. The Labute approximate surface area is 97.5 Å². The lowest BCUT2D eigenvalue weighted by Gasteiger charge is -2.08. The summed E-state index contributed by atoms with van der Waals surface area (Å²) in [7, 11) is 0. The minimum atomic E-state index is 0.749. The van der Waals surface area contributed by atoms with E-state index in [0.29, 0.717) is 0 Å². The maximum Gasteiger partial charge on any atom is 0.0632 e. The van der Waals surface area contributed by atoms with Crippen LogP contribution in [0.5, 0.6) is 0 Å². The molecule has 1 aliphatic rings. The number of nitrogens with zero attached hydrogens (tertiary/aromatic N) is 2. The Morgan fingerprint density at radius 2 is 2.12 bits per heavy atom. The molecule has 0 radical (unpaired) electrons. The predicted molar refractivity (Wildman–Crippen MR) is 66.6 cm³/mol. The van der Waals surface area contributed by atoms with Gasteiger partial charge in [0.2, 0.25) is 0 Å². The van der Waals surface area contributed by atoms with E-state index in [4.69, 9.17) is 0 Å². The molecule has 0 aromatic carbocycles. The SMILES string of the molecule is C=C(CNC1CC1)Cn1nc(C)c(C)c1C. The van der Waals surface area contributed by atoms with Gasteiger partial charge in [0.15, 0.2) is 0 Å². The molecular formula is C13H21N3. The third kappa shape index (κ3) is 2.53. The summed E-state index contributed by atoms with van der Waals surface area (Å²) < 4.78 is 2.06. The molecule has 1 saturated carbocycles. The van der Waals surface area contributed by atoms with Crippen LogP contribution in [0.1, 0.15) is 29.8 Å². The number of aromatic nitrogens is 2. The van der Waals surface area contributed by atoms with Gasteiger partial charge in [0, 0.05) is 18.3 Å². The van der Waals surface area contributed by atoms with Crippen molar-refractivity contribution in [3.8, 4) is 0 Å². The van der Waals surface area contributed by atoms with Crippen molar-refractivity contribution in [2.75, 3.05) is 6.54 Å². The topological polar surface area (TPSA) is 29.9 Å². The Morgan fingerprint density at radius 3 is 2.62 bits per heavy atom. The molecule has 1 N–H and O–H groups in total. The van der Waals surface area contributed by atoms with Gasteiger partial charge in [-0.15, -0.1) is 0 Å². The summed E-state index contributed by atoms with van der Waals surface area (Å²) in [4.78, 5) is 0. The summed E-state index contributed by atoms with van der Waals surface area (Å²) in [5.74, 6) is 0. The van der Waals surface area contributed by atoms with E-state index >= 15 is 0 Å². The molecule has 0 spiro atoms. The lowest BCUT2D eigenvalue weighted by atomic mass is 10.2. The quantitative estimate of drug-likeness (QED) is 0.769. The molecular weight excluding hydrogens is 198 g/mol. The second-order valence-electron chi connectivity index (χ2n) is 4.86. The third-order valence-electron chi connectivity index (χ3n) is 3.33. The molecule has 88 valence electrons. The summed E-state index contributed by atoms with van der Waals surface area (Å²) in [6.07, 6.45) is 2.65. The first-order chi connectivity index (χ1) is 7.58. The van der Waals surface area contributed by atoms with E-state index in [2.05, 4.69) is 42.4 Å². The van der Waals surface area contributed by atoms with Crippen molar-refractivity contribution >= 4 is 0 Å². The van der Waals surface area contributed by atoms with Gasteiger partial charge in [-0.25, -0.2) is 0 Å². The summed E-state index contributed by atoms with van der Waals surface area (Å²) in [6, 6.07) is 0.749.